The van der Waals surface area contributed by atoms with E-state index in [-0.39, 0.29) is 23.4 Å². The number of nitrogens with zero attached hydrogens (tertiary/aromatic N) is 3. The highest BCUT2D eigenvalue weighted by Gasteiger charge is 2.23. The van der Waals surface area contributed by atoms with Crippen molar-refractivity contribution in [2.75, 3.05) is 32.7 Å². The van der Waals surface area contributed by atoms with E-state index in [0.717, 1.165) is 29.1 Å². The van der Waals surface area contributed by atoms with Crippen molar-refractivity contribution < 1.29 is 9.90 Å². The van der Waals surface area contributed by atoms with Gasteiger partial charge in [-0.15, -0.1) is 0 Å². The minimum Gasteiger partial charge on any atom is -0.392 e. The van der Waals surface area contributed by atoms with Crippen molar-refractivity contribution in [3.05, 3.63) is 32.9 Å². The van der Waals surface area contributed by atoms with E-state index in [4.69, 9.17) is 11.6 Å². The zero-order valence-electron chi connectivity index (χ0n) is 13.4. The van der Waals surface area contributed by atoms with Crippen molar-refractivity contribution in [1.82, 2.24) is 14.4 Å². The SMILES string of the molecule is CC(O)CN1CCN(C(=O)Cn2c(=O)sc3ccc(Cl)cc32)CC1. The molecule has 0 bridgehead atoms. The first-order chi connectivity index (χ1) is 11.4. The number of carbonyl (C=O) groups excluding carboxylic acids is 1. The van der Waals surface area contributed by atoms with Crippen LogP contribution in [0.2, 0.25) is 5.02 Å². The van der Waals surface area contributed by atoms with Crippen LogP contribution in [-0.4, -0.2) is 64.2 Å². The molecule has 0 spiro atoms. The third kappa shape index (κ3) is 3.80. The number of fused-ring (bicyclic) bond motifs is 1. The molecule has 0 radical (unpaired) electrons. The Labute approximate surface area is 148 Å². The second-order valence-corrected chi connectivity index (χ2v) is 7.53. The number of thiazole rings is 1. The number of benzene rings is 1. The Hall–Kier alpha value is -1.41. The first-order valence-electron chi connectivity index (χ1n) is 7.91. The fourth-order valence-corrected chi connectivity index (χ4v) is 4.01. The van der Waals surface area contributed by atoms with Crippen molar-refractivity contribution in [3.8, 4) is 0 Å². The number of amides is 1. The van der Waals surface area contributed by atoms with Crippen LogP contribution in [0.4, 0.5) is 0 Å². The van der Waals surface area contributed by atoms with Crippen LogP contribution in [0.1, 0.15) is 6.92 Å². The van der Waals surface area contributed by atoms with E-state index in [9.17, 15) is 14.7 Å². The first-order valence-corrected chi connectivity index (χ1v) is 9.10. The van der Waals surface area contributed by atoms with Crippen LogP contribution in [0.15, 0.2) is 23.0 Å². The smallest absolute Gasteiger partial charge is 0.308 e. The van der Waals surface area contributed by atoms with Gasteiger partial charge in [-0.05, 0) is 25.1 Å². The summed E-state index contributed by atoms with van der Waals surface area (Å²) in [6.07, 6.45) is -0.368. The lowest BCUT2D eigenvalue weighted by atomic mass is 10.2. The largest absolute Gasteiger partial charge is 0.392 e. The van der Waals surface area contributed by atoms with Gasteiger partial charge in [0.2, 0.25) is 5.91 Å². The van der Waals surface area contributed by atoms with Gasteiger partial charge in [0.1, 0.15) is 6.54 Å². The van der Waals surface area contributed by atoms with Gasteiger partial charge in [0, 0.05) is 37.7 Å². The lowest BCUT2D eigenvalue weighted by Crippen LogP contribution is -2.51. The molecular weight excluding hydrogens is 350 g/mol. The topological polar surface area (TPSA) is 65.8 Å². The normalized spacial score (nSPS) is 17.4. The number of hydrogen-bond acceptors (Lipinski definition) is 5. The summed E-state index contributed by atoms with van der Waals surface area (Å²) in [4.78, 5) is 28.5. The molecule has 1 N–H and O–H groups in total. The van der Waals surface area contributed by atoms with Gasteiger partial charge in [-0.3, -0.25) is 19.1 Å². The first kappa shape index (κ1) is 17.4. The minimum atomic E-state index is -0.368. The Bertz CT molecular complexity index is 793. The maximum Gasteiger partial charge on any atom is 0.308 e. The van der Waals surface area contributed by atoms with Crippen LogP contribution in [0.5, 0.6) is 0 Å². The molecule has 2 heterocycles. The van der Waals surface area contributed by atoms with E-state index in [2.05, 4.69) is 4.90 Å². The Kier molecular flexibility index (Phi) is 5.24. The van der Waals surface area contributed by atoms with E-state index in [0.29, 0.717) is 30.2 Å². The highest BCUT2D eigenvalue weighted by molar-refractivity contribution is 7.16. The number of piperazine rings is 1. The summed E-state index contributed by atoms with van der Waals surface area (Å²) in [6, 6.07) is 5.27. The fourth-order valence-electron chi connectivity index (χ4n) is 2.97. The molecule has 0 aliphatic carbocycles. The molecule has 130 valence electrons. The average molecular weight is 370 g/mol. The minimum absolute atomic E-state index is 0.0373. The number of hydrogen-bond donors (Lipinski definition) is 1. The predicted molar refractivity (Wildman–Crippen MR) is 95.8 cm³/mol. The summed E-state index contributed by atoms with van der Waals surface area (Å²) in [5.74, 6) is -0.0616. The van der Waals surface area contributed by atoms with Crippen LogP contribution in [0, 0.1) is 0 Å². The van der Waals surface area contributed by atoms with Gasteiger partial charge in [-0.1, -0.05) is 22.9 Å². The van der Waals surface area contributed by atoms with Crippen molar-refractivity contribution in [1.29, 1.82) is 0 Å². The molecule has 1 atom stereocenters. The molecule has 0 saturated carbocycles. The molecule has 1 aliphatic heterocycles. The number of rotatable bonds is 4. The summed E-state index contributed by atoms with van der Waals surface area (Å²) in [6.45, 7) is 5.12. The van der Waals surface area contributed by atoms with Crippen LogP contribution in [0.3, 0.4) is 0 Å². The second-order valence-electron chi connectivity index (χ2n) is 6.10. The lowest BCUT2D eigenvalue weighted by molar-refractivity contribution is -0.133. The third-order valence-corrected chi connectivity index (χ3v) is 5.37. The molecule has 6 nitrogen and oxygen atoms in total. The predicted octanol–water partition coefficient (Wildman–Crippen LogP) is 1.24. The van der Waals surface area contributed by atoms with Crippen molar-refractivity contribution in [2.24, 2.45) is 0 Å². The molecular formula is C16H20ClN3O3S. The van der Waals surface area contributed by atoms with Gasteiger partial charge in [-0.25, -0.2) is 0 Å². The molecule has 1 unspecified atom stereocenters. The summed E-state index contributed by atoms with van der Waals surface area (Å²) >= 11 is 7.14. The quantitative estimate of drug-likeness (QED) is 0.880. The van der Waals surface area contributed by atoms with Crippen molar-refractivity contribution >= 4 is 39.1 Å². The van der Waals surface area contributed by atoms with Gasteiger partial charge < -0.3 is 10.0 Å². The number of aromatic nitrogens is 1. The molecule has 1 aliphatic rings. The second kappa shape index (κ2) is 7.23. The number of aliphatic hydroxyl groups is 1. The van der Waals surface area contributed by atoms with Crippen LogP contribution in [-0.2, 0) is 11.3 Å². The van der Waals surface area contributed by atoms with Gasteiger partial charge in [0.05, 0.1) is 16.3 Å². The molecule has 1 fully saturated rings. The Morgan fingerprint density at radius 2 is 2.04 bits per heavy atom. The van der Waals surface area contributed by atoms with E-state index >= 15 is 0 Å². The number of halogens is 1. The molecule has 1 amide bonds. The van der Waals surface area contributed by atoms with Crippen LogP contribution in [0.25, 0.3) is 10.2 Å². The highest BCUT2D eigenvalue weighted by atomic mass is 35.5. The molecule has 1 saturated heterocycles. The van der Waals surface area contributed by atoms with E-state index < -0.39 is 0 Å². The fraction of sp³-hybridized carbons (Fsp3) is 0.500. The Morgan fingerprint density at radius 3 is 2.71 bits per heavy atom. The zero-order valence-corrected chi connectivity index (χ0v) is 15.0. The van der Waals surface area contributed by atoms with Crippen LogP contribution < -0.4 is 4.87 Å². The third-order valence-electron chi connectivity index (χ3n) is 4.17. The maximum atomic E-state index is 12.5. The van der Waals surface area contributed by atoms with E-state index in [1.165, 1.54) is 4.57 Å². The zero-order chi connectivity index (χ0) is 17.3. The molecule has 1 aromatic carbocycles. The van der Waals surface area contributed by atoms with Gasteiger partial charge in [-0.2, -0.15) is 0 Å². The number of β-amino-alcohol motifs (C(OH)–C–C–N with tert-alkyl or cyclic N) is 1. The van der Waals surface area contributed by atoms with Gasteiger partial charge >= 0.3 is 4.87 Å². The summed E-state index contributed by atoms with van der Waals surface area (Å²) < 4.78 is 2.33. The highest BCUT2D eigenvalue weighted by Crippen LogP contribution is 2.21. The Balaban J connectivity index is 1.69. The standard InChI is InChI=1S/C16H20ClN3O3S/c1-11(21)9-18-4-6-19(7-5-18)15(22)10-20-13-8-12(17)2-3-14(13)24-16(20)23/h2-3,8,11,21H,4-7,9-10H2,1H3. The molecule has 3 rings (SSSR count). The monoisotopic (exact) mass is 369 g/mol. The van der Waals surface area contributed by atoms with Gasteiger partial charge in [0.15, 0.2) is 0 Å². The number of aliphatic hydroxyl groups excluding tert-OH is 1. The molecule has 2 aromatic rings. The van der Waals surface area contributed by atoms with Crippen molar-refractivity contribution in [2.45, 2.75) is 19.6 Å². The van der Waals surface area contributed by atoms with Crippen molar-refractivity contribution in [3.63, 3.8) is 0 Å². The Morgan fingerprint density at radius 1 is 1.33 bits per heavy atom. The maximum absolute atomic E-state index is 12.5. The van der Waals surface area contributed by atoms with E-state index in [1.54, 1.807) is 30.0 Å². The molecule has 24 heavy (non-hydrogen) atoms. The molecule has 8 heteroatoms. The van der Waals surface area contributed by atoms with E-state index in [1.807, 2.05) is 0 Å². The number of carbonyl (C=O) groups is 1. The van der Waals surface area contributed by atoms with Crippen LogP contribution >= 0.6 is 22.9 Å². The summed E-state index contributed by atoms with van der Waals surface area (Å²) in [5, 5.41) is 9.98. The summed E-state index contributed by atoms with van der Waals surface area (Å²) in [5.41, 5.74) is 0.707. The van der Waals surface area contributed by atoms with Gasteiger partial charge in [0.25, 0.3) is 0 Å². The average Bonchev–Trinajstić information content (AvgIpc) is 2.83. The lowest BCUT2D eigenvalue weighted by Gasteiger charge is -2.35. The molecule has 1 aromatic heterocycles. The summed E-state index contributed by atoms with van der Waals surface area (Å²) in [7, 11) is 0.